The van der Waals surface area contributed by atoms with Gasteiger partial charge in [0.15, 0.2) is 0 Å². The van der Waals surface area contributed by atoms with Crippen LogP contribution in [0.4, 0.5) is 0 Å². The molecular weight excluding hydrogens is 280 g/mol. The van der Waals surface area contributed by atoms with Crippen LogP contribution in [0.3, 0.4) is 0 Å². The zero-order valence-corrected chi connectivity index (χ0v) is 13.0. The van der Waals surface area contributed by atoms with Crippen LogP contribution < -0.4 is 11.1 Å². The Bertz CT molecular complexity index is 513. The molecule has 2 atom stereocenters. The van der Waals surface area contributed by atoms with E-state index < -0.39 is 0 Å². The normalized spacial score (nSPS) is 21.2. The van der Waals surface area contributed by atoms with Crippen LogP contribution in [0.25, 0.3) is 0 Å². The molecule has 22 heavy (non-hydrogen) atoms. The van der Waals surface area contributed by atoms with Crippen LogP contribution >= 0.6 is 0 Å². The molecule has 3 N–H and O–H groups in total. The number of hydrogen-bond donors (Lipinski definition) is 2. The summed E-state index contributed by atoms with van der Waals surface area (Å²) in [6.07, 6.45) is 3.72. The fourth-order valence-corrected chi connectivity index (χ4v) is 2.77. The average molecular weight is 304 g/mol. The van der Waals surface area contributed by atoms with Gasteiger partial charge in [-0.15, -0.1) is 0 Å². The topological polar surface area (TPSA) is 81.4 Å². The number of benzene rings is 1. The first-order valence-corrected chi connectivity index (χ1v) is 7.89. The Kier molecular flexibility index (Phi) is 5.95. The number of rotatable bonds is 5. The number of carbonyl (C=O) groups excluding carboxylic acids is 2. The number of nitrogens with two attached hydrogens (primary N) is 1. The highest BCUT2D eigenvalue weighted by Crippen LogP contribution is 2.23. The van der Waals surface area contributed by atoms with Crippen LogP contribution in [-0.2, 0) is 16.1 Å². The standard InChI is InChI=1S/C17H24N2O3/c1-2-22-17(21)13-8-6-12(7-9-13)11-19-16(20)14-4-3-5-15(18)10-14/h6-9,14-15H,2-5,10-11,18H2,1H3,(H,19,20). The summed E-state index contributed by atoms with van der Waals surface area (Å²) in [7, 11) is 0. The van der Waals surface area contributed by atoms with Gasteiger partial charge in [-0.1, -0.05) is 18.6 Å². The number of esters is 1. The smallest absolute Gasteiger partial charge is 0.338 e. The highest BCUT2D eigenvalue weighted by molar-refractivity contribution is 5.89. The monoisotopic (exact) mass is 304 g/mol. The SMILES string of the molecule is CCOC(=O)c1ccc(CNC(=O)C2CCCC(N)C2)cc1. The lowest BCUT2D eigenvalue weighted by molar-refractivity contribution is -0.126. The van der Waals surface area contributed by atoms with Crippen molar-refractivity contribution in [2.75, 3.05) is 6.61 Å². The van der Waals surface area contributed by atoms with Crippen molar-refractivity contribution in [2.24, 2.45) is 11.7 Å². The zero-order chi connectivity index (χ0) is 15.9. The highest BCUT2D eigenvalue weighted by Gasteiger charge is 2.24. The van der Waals surface area contributed by atoms with E-state index in [9.17, 15) is 9.59 Å². The molecule has 2 unspecified atom stereocenters. The second kappa shape index (κ2) is 7.94. The second-order valence-electron chi connectivity index (χ2n) is 5.76. The number of ether oxygens (including phenoxy) is 1. The molecule has 1 fully saturated rings. The summed E-state index contributed by atoms with van der Waals surface area (Å²) in [5, 5.41) is 2.95. The summed E-state index contributed by atoms with van der Waals surface area (Å²) in [5.41, 5.74) is 7.40. The maximum Gasteiger partial charge on any atom is 0.338 e. The zero-order valence-electron chi connectivity index (χ0n) is 13.0. The van der Waals surface area contributed by atoms with E-state index in [1.807, 2.05) is 12.1 Å². The van der Waals surface area contributed by atoms with Crippen LogP contribution in [-0.4, -0.2) is 24.5 Å². The predicted octanol–water partition coefficient (Wildman–Crippen LogP) is 2.00. The number of hydrogen-bond acceptors (Lipinski definition) is 4. The summed E-state index contributed by atoms with van der Waals surface area (Å²) in [6.45, 7) is 2.60. The van der Waals surface area contributed by atoms with Gasteiger partial charge in [0.2, 0.25) is 5.91 Å². The van der Waals surface area contributed by atoms with E-state index in [1.54, 1.807) is 19.1 Å². The predicted molar refractivity (Wildman–Crippen MR) is 84.2 cm³/mol. The molecular formula is C17H24N2O3. The van der Waals surface area contributed by atoms with Gasteiger partial charge in [0, 0.05) is 18.5 Å². The molecule has 0 radical (unpaired) electrons. The van der Waals surface area contributed by atoms with Crippen LogP contribution in [0.2, 0.25) is 0 Å². The molecule has 1 aliphatic carbocycles. The lowest BCUT2D eigenvalue weighted by atomic mass is 9.85. The van der Waals surface area contributed by atoms with Crippen molar-refractivity contribution in [2.45, 2.75) is 45.2 Å². The van der Waals surface area contributed by atoms with Gasteiger partial charge in [-0.25, -0.2) is 4.79 Å². The Hall–Kier alpha value is -1.88. The first-order chi connectivity index (χ1) is 10.6. The summed E-state index contributed by atoms with van der Waals surface area (Å²) in [5.74, 6) is -0.221. The van der Waals surface area contributed by atoms with Crippen molar-refractivity contribution >= 4 is 11.9 Å². The van der Waals surface area contributed by atoms with Crippen molar-refractivity contribution in [3.63, 3.8) is 0 Å². The second-order valence-corrected chi connectivity index (χ2v) is 5.76. The molecule has 1 aromatic carbocycles. The highest BCUT2D eigenvalue weighted by atomic mass is 16.5. The Balaban J connectivity index is 1.83. The Morgan fingerprint density at radius 2 is 2.00 bits per heavy atom. The minimum absolute atomic E-state index is 0.0301. The molecule has 120 valence electrons. The fraction of sp³-hybridized carbons (Fsp3) is 0.529. The Labute approximate surface area is 131 Å². The van der Waals surface area contributed by atoms with Gasteiger partial charge >= 0.3 is 5.97 Å². The minimum atomic E-state index is -0.325. The molecule has 0 heterocycles. The summed E-state index contributed by atoms with van der Waals surface area (Å²) in [6, 6.07) is 7.25. The quantitative estimate of drug-likeness (QED) is 0.815. The summed E-state index contributed by atoms with van der Waals surface area (Å²) < 4.78 is 4.93. The molecule has 0 aliphatic heterocycles. The van der Waals surface area contributed by atoms with E-state index in [0.29, 0.717) is 18.7 Å². The Morgan fingerprint density at radius 1 is 1.27 bits per heavy atom. The lowest BCUT2D eigenvalue weighted by Gasteiger charge is -2.25. The van der Waals surface area contributed by atoms with Gasteiger partial charge in [-0.2, -0.15) is 0 Å². The molecule has 1 amide bonds. The first-order valence-electron chi connectivity index (χ1n) is 7.89. The third-order valence-corrected chi connectivity index (χ3v) is 4.02. The maximum atomic E-state index is 12.1. The van der Waals surface area contributed by atoms with Crippen molar-refractivity contribution < 1.29 is 14.3 Å². The third kappa shape index (κ3) is 4.56. The van der Waals surface area contributed by atoms with Crippen LogP contribution in [0.5, 0.6) is 0 Å². The fourth-order valence-electron chi connectivity index (χ4n) is 2.77. The van der Waals surface area contributed by atoms with Crippen LogP contribution in [0, 0.1) is 5.92 Å². The van der Waals surface area contributed by atoms with Crippen molar-refractivity contribution in [1.82, 2.24) is 5.32 Å². The lowest BCUT2D eigenvalue weighted by Crippen LogP contribution is -2.37. The number of nitrogens with one attached hydrogen (secondary N) is 1. The van der Waals surface area contributed by atoms with Crippen molar-refractivity contribution in [3.8, 4) is 0 Å². The third-order valence-electron chi connectivity index (χ3n) is 4.02. The van der Waals surface area contributed by atoms with Gasteiger partial charge in [-0.05, 0) is 43.9 Å². The van der Waals surface area contributed by atoms with Crippen molar-refractivity contribution in [1.29, 1.82) is 0 Å². The van der Waals surface area contributed by atoms with Gasteiger partial charge < -0.3 is 15.8 Å². The molecule has 0 bridgehead atoms. The van der Waals surface area contributed by atoms with Gasteiger partial charge in [0.1, 0.15) is 0 Å². The van der Waals surface area contributed by atoms with E-state index in [2.05, 4.69) is 5.32 Å². The number of amides is 1. The molecule has 0 aromatic heterocycles. The molecule has 1 aliphatic rings. The van der Waals surface area contributed by atoms with E-state index in [-0.39, 0.29) is 23.8 Å². The minimum Gasteiger partial charge on any atom is -0.462 e. The molecule has 5 heteroatoms. The molecule has 0 saturated heterocycles. The van der Waals surface area contributed by atoms with Crippen LogP contribution in [0.15, 0.2) is 24.3 Å². The van der Waals surface area contributed by atoms with Crippen LogP contribution in [0.1, 0.15) is 48.5 Å². The summed E-state index contributed by atoms with van der Waals surface area (Å²) in [4.78, 5) is 23.7. The van der Waals surface area contributed by atoms with Gasteiger partial charge in [0.05, 0.1) is 12.2 Å². The molecule has 0 spiro atoms. The van der Waals surface area contributed by atoms with E-state index in [4.69, 9.17) is 10.5 Å². The Morgan fingerprint density at radius 3 is 2.64 bits per heavy atom. The number of carbonyl (C=O) groups is 2. The molecule has 5 nitrogen and oxygen atoms in total. The first kappa shape index (κ1) is 16.5. The average Bonchev–Trinajstić information content (AvgIpc) is 2.53. The summed E-state index contributed by atoms with van der Waals surface area (Å²) >= 11 is 0. The maximum absolute atomic E-state index is 12.1. The van der Waals surface area contributed by atoms with E-state index in [0.717, 1.165) is 31.2 Å². The molecule has 2 rings (SSSR count). The van der Waals surface area contributed by atoms with E-state index in [1.165, 1.54) is 0 Å². The van der Waals surface area contributed by atoms with Crippen molar-refractivity contribution in [3.05, 3.63) is 35.4 Å². The molecule has 1 aromatic rings. The largest absolute Gasteiger partial charge is 0.462 e. The van der Waals surface area contributed by atoms with E-state index >= 15 is 0 Å². The molecule has 1 saturated carbocycles. The van der Waals surface area contributed by atoms with Gasteiger partial charge in [-0.3, -0.25) is 4.79 Å². The van der Waals surface area contributed by atoms with Gasteiger partial charge in [0.25, 0.3) is 0 Å².